The lowest BCUT2D eigenvalue weighted by atomic mass is 9.92. The number of benzene rings is 1. The molecule has 1 unspecified atom stereocenters. The molecule has 0 radical (unpaired) electrons. The third kappa shape index (κ3) is 3.01. The van der Waals surface area contributed by atoms with Crippen molar-refractivity contribution in [1.29, 1.82) is 0 Å². The van der Waals surface area contributed by atoms with E-state index >= 15 is 0 Å². The minimum absolute atomic E-state index is 0.0922. The molecule has 1 atom stereocenters. The topological polar surface area (TPSA) is 81.8 Å². The molecule has 0 spiro atoms. The number of aliphatic carboxylic acids is 1. The summed E-state index contributed by atoms with van der Waals surface area (Å²) in [6.07, 6.45) is 0. The molecule has 1 rings (SSSR count). The Morgan fingerprint density at radius 1 is 1.37 bits per heavy atom. The maximum Gasteiger partial charge on any atom is 0.325 e. The molecule has 0 aromatic heterocycles. The Kier molecular flexibility index (Phi) is 5.20. The van der Waals surface area contributed by atoms with Gasteiger partial charge in [-0.05, 0) is 39.0 Å². The van der Waals surface area contributed by atoms with E-state index in [0.717, 1.165) is 5.56 Å². The minimum Gasteiger partial charge on any atom is -0.493 e. The predicted octanol–water partition coefficient (Wildman–Crippen LogP) is 2.67. The maximum atomic E-state index is 11.1. The summed E-state index contributed by atoms with van der Waals surface area (Å²) in [4.78, 5) is 11.1. The van der Waals surface area contributed by atoms with Crippen LogP contribution < -0.4 is 15.2 Å². The molecule has 0 bridgehead atoms. The lowest BCUT2D eigenvalue weighted by Gasteiger charge is -2.21. The Bertz CT molecular complexity index is 488. The average molecular weight is 332 g/mol. The number of ether oxygens (including phenoxy) is 2. The lowest BCUT2D eigenvalue weighted by molar-refractivity contribution is -0.138. The minimum atomic E-state index is -1.10. The van der Waals surface area contributed by atoms with E-state index in [4.69, 9.17) is 20.3 Å². The molecule has 6 heteroatoms. The number of carboxylic acid groups (broad SMARTS) is 1. The Labute approximate surface area is 120 Å². The second kappa shape index (κ2) is 6.25. The molecule has 19 heavy (non-hydrogen) atoms. The monoisotopic (exact) mass is 331 g/mol. The zero-order valence-electron chi connectivity index (χ0n) is 11.4. The number of hydrogen-bond donors (Lipinski definition) is 2. The highest BCUT2D eigenvalue weighted by Gasteiger charge is 2.26. The molecular formula is C13H18BrNO4. The summed E-state index contributed by atoms with van der Waals surface area (Å²) in [6, 6.07) is 0.519. The number of carboxylic acids is 1. The highest BCUT2D eigenvalue weighted by molar-refractivity contribution is 9.10. The van der Waals surface area contributed by atoms with Gasteiger partial charge in [-0.1, -0.05) is 13.8 Å². The van der Waals surface area contributed by atoms with Crippen molar-refractivity contribution < 1.29 is 19.4 Å². The van der Waals surface area contributed by atoms with Gasteiger partial charge in [0, 0.05) is 0 Å². The van der Waals surface area contributed by atoms with Gasteiger partial charge in [0.15, 0.2) is 11.5 Å². The molecule has 1 aromatic carbocycles. The molecule has 1 aromatic rings. The lowest BCUT2D eigenvalue weighted by Crippen LogP contribution is -2.23. The van der Waals surface area contributed by atoms with E-state index in [2.05, 4.69) is 15.9 Å². The summed E-state index contributed by atoms with van der Waals surface area (Å²) in [6.45, 7) is 3.92. The van der Waals surface area contributed by atoms with E-state index in [9.17, 15) is 4.79 Å². The Hall–Kier alpha value is -1.27. The van der Waals surface area contributed by atoms with E-state index in [1.54, 1.807) is 6.07 Å². The van der Waals surface area contributed by atoms with Crippen LogP contribution in [-0.4, -0.2) is 25.3 Å². The summed E-state index contributed by atoms with van der Waals surface area (Å²) in [5.74, 6) is -0.00591. The number of halogens is 1. The van der Waals surface area contributed by atoms with Crippen LogP contribution in [0.1, 0.15) is 36.9 Å². The van der Waals surface area contributed by atoms with Crippen LogP contribution in [0.25, 0.3) is 0 Å². The van der Waals surface area contributed by atoms with Crippen LogP contribution in [0, 0.1) is 0 Å². The van der Waals surface area contributed by atoms with Crippen molar-refractivity contribution in [3.63, 3.8) is 0 Å². The van der Waals surface area contributed by atoms with E-state index in [0.29, 0.717) is 21.5 Å². The quantitative estimate of drug-likeness (QED) is 0.866. The van der Waals surface area contributed by atoms with Crippen molar-refractivity contribution in [2.24, 2.45) is 5.73 Å². The zero-order valence-corrected chi connectivity index (χ0v) is 12.9. The van der Waals surface area contributed by atoms with Crippen LogP contribution >= 0.6 is 15.9 Å². The number of hydrogen-bond acceptors (Lipinski definition) is 4. The highest BCUT2D eigenvalue weighted by atomic mass is 79.9. The zero-order chi connectivity index (χ0) is 14.7. The van der Waals surface area contributed by atoms with Gasteiger partial charge in [-0.3, -0.25) is 4.79 Å². The van der Waals surface area contributed by atoms with Gasteiger partial charge in [-0.2, -0.15) is 0 Å². The second-order valence-corrected chi connectivity index (χ2v) is 5.19. The van der Waals surface area contributed by atoms with Crippen molar-refractivity contribution in [3.8, 4) is 11.5 Å². The third-order valence-corrected chi connectivity index (χ3v) is 3.65. The molecule has 0 saturated heterocycles. The molecule has 106 valence electrons. The Morgan fingerprint density at radius 3 is 2.32 bits per heavy atom. The first-order valence-corrected chi connectivity index (χ1v) is 6.57. The molecule has 0 heterocycles. The van der Waals surface area contributed by atoms with Gasteiger partial charge in [-0.15, -0.1) is 0 Å². The van der Waals surface area contributed by atoms with E-state index < -0.39 is 12.0 Å². The number of methoxy groups -OCH3 is 2. The molecule has 3 N–H and O–H groups in total. The molecule has 0 aliphatic carbocycles. The predicted molar refractivity (Wildman–Crippen MR) is 75.9 cm³/mol. The Balaban J connectivity index is 3.61. The van der Waals surface area contributed by atoms with E-state index in [1.807, 2.05) is 13.8 Å². The smallest absolute Gasteiger partial charge is 0.325 e. The number of nitrogens with two attached hydrogens (primary N) is 1. The average Bonchev–Trinajstić information content (AvgIpc) is 2.35. The molecule has 0 fully saturated rings. The normalized spacial score (nSPS) is 12.4. The van der Waals surface area contributed by atoms with Crippen LogP contribution in [0.3, 0.4) is 0 Å². The van der Waals surface area contributed by atoms with Crippen molar-refractivity contribution >= 4 is 21.9 Å². The molecule has 0 saturated carbocycles. The molecule has 0 amide bonds. The van der Waals surface area contributed by atoms with Gasteiger partial charge < -0.3 is 20.3 Å². The first-order chi connectivity index (χ1) is 8.84. The largest absolute Gasteiger partial charge is 0.493 e. The molecule has 0 aliphatic rings. The fourth-order valence-corrected chi connectivity index (χ4v) is 3.00. The van der Waals surface area contributed by atoms with Crippen molar-refractivity contribution in [1.82, 2.24) is 0 Å². The standard InChI is InChI=1S/C13H18BrNO4/c1-6(2)9-7(11(15)13(16)17)5-8(18-3)12(19-4)10(9)14/h5-6,11H,15H2,1-4H3,(H,16,17). The molecule has 5 nitrogen and oxygen atoms in total. The van der Waals surface area contributed by atoms with Crippen molar-refractivity contribution in [3.05, 3.63) is 21.7 Å². The van der Waals surface area contributed by atoms with E-state index in [1.165, 1.54) is 14.2 Å². The van der Waals surface area contributed by atoms with Gasteiger partial charge in [0.2, 0.25) is 0 Å². The Morgan fingerprint density at radius 2 is 1.95 bits per heavy atom. The van der Waals surface area contributed by atoms with Crippen molar-refractivity contribution in [2.45, 2.75) is 25.8 Å². The fraction of sp³-hybridized carbons (Fsp3) is 0.462. The summed E-state index contributed by atoms with van der Waals surface area (Å²) in [5, 5.41) is 9.11. The number of carbonyl (C=O) groups is 1. The summed E-state index contributed by atoms with van der Waals surface area (Å²) < 4.78 is 11.2. The van der Waals surface area contributed by atoms with Crippen LogP contribution in [0.5, 0.6) is 11.5 Å². The summed E-state index contributed by atoms with van der Waals surface area (Å²) in [7, 11) is 3.03. The molecule has 0 aliphatic heterocycles. The van der Waals surface area contributed by atoms with Gasteiger partial charge >= 0.3 is 5.97 Å². The first kappa shape index (κ1) is 15.8. The summed E-state index contributed by atoms with van der Waals surface area (Å²) in [5.41, 5.74) is 7.08. The van der Waals surface area contributed by atoms with Crippen LogP contribution in [0.15, 0.2) is 10.5 Å². The second-order valence-electron chi connectivity index (χ2n) is 4.40. The van der Waals surface area contributed by atoms with Crippen LogP contribution in [0.4, 0.5) is 0 Å². The fourth-order valence-electron chi connectivity index (χ4n) is 1.96. The number of rotatable bonds is 5. The van der Waals surface area contributed by atoms with Crippen LogP contribution in [0.2, 0.25) is 0 Å². The first-order valence-electron chi connectivity index (χ1n) is 5.77. The highest BCUT2D eigenvalue weighted by Crippen LogP contribution is 2.44. The molecular weight excluding hydrogens is 314 g/mol. The van der Waals surface area contributed by atoms with Crippen molar-refractivity contribution in [2.75, 3.05) is 14.2 Å². The summed E-state index contributed by atoms with van der Waals surface area (Å²) >= 11 is 3.45. The van der Waals surface area contributed by atoms with Crippen LogP contribution in [-0.2, 0) is 4.79 Å². The SMILES string of the molecule is COc1cc(C(N)C(=O)O)c(C(C)C)c(Br)c1OC. The third-order valence-electron chi connectivity index (χ3n) is 2.86. The van der Waals surface area contributed by atoms with Gasteiger partial charge in [0.1, 0.15) is 6.04 Å². The van der Waals surface area contributed by atoms with Gasteiger partial charge in [-0.25, -0.2) is 0 Å². The van der Waals surface area contributed by atoms with Gasteiger partial charge in [0.25, 0.3) is 0 Å². The van der Waals surface area contributed by atoms with E-state index in [-0.39, 0.29) is 5.92 Å². The van der Waals surface area contributed by atoms with Gasteiger partial charge in [0.05, 0.1) is 18.7 Å². The maximum absolute atomic E-state index is 11.1.